The molecule has 5 heteroatoms. The Bertz CT molecular complexity index is 612. The van der Waals surface area contributed by atoms with Crippen molar-refractivity contribution in [2.24, 2.45) is 5.10 Å². The molecule has 2 rings (SSSR count). The summed E-state index contributed by atoms with van der Waals surface area (Å²) in [5, 5.41) is 14.8. The molecule has 1 N–H and O–H groups in total. The van der Waals surface area contributed by atoms with Crippen LogP contribution in [0.1, 0.15) is 18.4 Å². The fourth-order valence-electron chi connectivity index (χ4n) is 1.76. The fraction of sp³-hybridized carbons (Fsp3) is 0.133. The molecule has 0 aliphatic heterocycles. The van der Waals surface area contributed by atoms with Crippen LogP contribution >= 0.6 is 0 Å². The maximum absolute atomic E-state index is 10.7. The summed E-state index contributed by atoms with van der Waals surface area (Å²) in [5.41, 5.74) is 4.61. The van der Waals surface area contributed by atoms with Crippen LogP contribution in [0.5, 0.6) is 0 Å². The van der Waals surface area contributed by atoms with Gasteiger partial charge in [-0.25, -0.2) is 0 Å². The summed E-state index contributed by atoms with van der Waals surface area (Å²) in [6.45, 7) is 2.04. The van der Waals surface area contributed by atoms with Crippen LogP contribution in [-0.4, -0.2) is 11.1 Å². The quantitative estimate of drug-likeness (QED) is 0.510. The van der Waals surface area contributed by atoms with Crippen LogP contribution in [0.4, 0.5) is 11.4 Å². The number of benzene rings is 2. The van der Waals surface area contributed by atoms with E-state index >= 15 is 0 Å². The third kappa shape index (κ3) is 3.65. The van der Waals surface area contributed by atoms with Crippen LogP contribution in [0.3, 0.4) is 0 Å². The standard InChI is InChI=1S/C15H15N3O2/c1-12(13-6-3-2-4-7-13)11-16-17-14-8-5-9-15(10-14)18(19)20/h2-12,17H,1H3/b16-11-/t12-/m1/s1. The molecular formula is C15H15N3O2. The van der Waals surface area contributed by atoms with Gasteiger partial charge in [-0.05, 0) is 11.6 Å². The lowest BCUT2D eigenvalue weighted by atomic mass is 10.0. The molecule has 0 aliphatic rings. The molecule has 0 saturated heterocycles. The van der Waals surface area contributed by atoms with Gasteiger partial charge in [-0.3, -0.25) is 15.5 Å². The van der Waals surface area contributed by atoms with E-state index in [0.717, 1.165) is 5.56 Å². The summed E-state index contributed by atoms with van der Waals surface area (Å²) >= 11 is 0. The fourth-order valence-corrected chi connectivity index (χ4v) is 1.76. The zero-order valence-corrected chi connectivity index (χ0v) is 11.1. The lowest BCUT2D eigenvalue weighted by Crippen LogP contribution is -1.98. The van der Waals surface area contributed by atoms with Crippen molar-refractivity contribution in [1.82, 2.24) is 0 Å². The van der Waals surface area contributed by atoms with E-state index in [4.69, 9.17) is 0 Å². The molecule has 5 nitrogen and oxygen atoms in total. The molecule has 2 aromatic carbocycles. The number of anilines is 1. The minimum atomic E-state index is -0.429. The number of rotatable bonds is 5. The first-order valence-corrected chi connectivity index (χ1v) is 6.25. The van der Waals surface area contributed by atoms with Crippen molar-refractivity contribution < 1.29 is 4.92 Å². The van der Waals surface area contributed by atoms with Crippen molar-refractivity contribution >= 4 is 17.6 Å². The van der Waals surface area contributed by atoms with Gasteiger partial charge in [0.25, 0.3) is 5.69 Å². The Hall–Kier alpha value is -2.69. The predicted octanol–water partition coefficient (Wildman–Crippen LogP) is 3.80. The Morgan fingerprint density at radius 2 is 1.95 bits per heavy atom. The molecule has 1 atom stereocenters. The smallest absolute Gasteiger partial charge is 0.271 e. The highest BCUT2D eigenvalue weighted by molar-refractivity contribution is 5.68. The minimum absolute atomic E-state index is 0.0429. The summed E-state index contributed by atoms with van der Waals surface area (Å²) in [7, 11) is 0. The Morgan fingerprint density at radius 3 is 2.65 bits per heavy atom. The van der Waals surface area contributed by atoms with E-state index < -0.39 is 4.92 Å². The number of hydrogen-bond donors (Lipinski definition) is 1. The van der Waals surface area contributed by atoms with Gasteiger partial charge in [-0.2, -0.15) is 5.10 Å². The summed E-state index contributed by atoms with van der Waals surface area (Å²) in [4.78, 5) is 10.2. The van der Waals surface area contributed by atoms with E-state index in [2.05, 4.69) is 10.5 Å². The van der Waals surface area contributed by atoms with E-state index in [1.165, 1.54) is 12.1 Å². The number of non-ortho nitro benzene ring substituents is 1. The first kappa shape index (κ1) is 13.7. The van der Waals surface area contributed by atoms with Gasteiger partial charge < -0.3 is 0 Å². The van der Waals surface area contributed by atoms with Crippen molar-refractivity contribution in [2.75, 3.05) is 5.43 Å². The highest BCUT2D eigenvalue weighted by Gasteiger charge is 2.05. The van der Waals surface area contributed by atoms with Gasteiger partial charge in [0.2, 0.25) is 0 Å². The van der Waals surface area contributed by atoms with E-state index in [1.807, 2.05) is 37.3 Å². The van der Waals surface area contributed by atoms with Gasteiger partial charge in [0.1, 0.15) is 0 Å². The first-order chi connectivity index (χ1) is 9.66. The highest BCUT2D eigenvalue weighted by atomic mass is 16.6. The topological polar surface area (TPSA) is 67.5 Å². The number of hydrogen-bond acceptors (Lipinski definition) is 4. The number of hydrazone groups is 1. The Labute approximate surface area is 117 Å². The maximum atomic E-state index is 10.7. The van der Waals surface area contributed by atoms with Gasteiger partial charge in [-0.15, -0.1) is 0 Å². The van der Waals surface area contributed by atoms with Crippen LogP contribution < -0.4 is 5.43 Å². The Balaban J connectivity index is 2.00. The molecule has 0 amide bonds. The third-order valence-corrected chi connectivity index (χ3v) is 2.87. The van der Waals surface area contributed by atoms with E-state index in [0.29, 0.717) is 5.69 Å². The molecule has 0 aromatic heterocycles. The maximum Gasteiger partial charge on any atom is 0.271 e. The third-order valence-electron chi connectivity index (χ3n) is 2.87. The van der Waals surface area contributed by atoms with Crippen molar-refractivity contribution in [3.05, 3.63) is 70.3 Å². The minimum Gasteiger partial charge on any atom is -0.279 e. The Morgan fingerprint density at radius 1 is 1.20 bits per heavy atom. The second-order valence-corrected chi connectivity index (χ2v) is 4.40. The van der Waals surface area contributed by atoms with Crippen molar-refractivity contribution in [1.29, 1.82) is 0 Å². The van der Waals surface area contributed by atoms with Gasteiger partial charge in [0.05, 0.1) is 10.6 Å². The van der Waals surface area contributed by atoms with E-state index in [1.54, 1.807) is 18.3 Å². The van der Waals surface area contributed by atoms with Crippen LogP contribution in [0.15, 0.2) is 59.7 Å². The average Bonchev–Trinajstić information content (AvgIpc) is 2.48. The molecule has 0 fully saturated rings. The van der Waals surface area contributed by atoms with Crippen LogP contribution in [0.25, 0.3) is 0 Å². The summed E-state index contributed by atoms with van der Waals surface area (Å²) in [5.74, 6) is 0.169. The molecule has 0 radical (unpaired) electrons. The van der Waals surface area contributed by atoms with Crippen molar-refractivity contribution in [3.8, 4) is 0 Å². The number of nitro groups is 1. The molecule has 0 unspecified atom stereocenters. The number of nitrogens with one attached hydrogen (secondary N) is 1. The highest BCUT2D eigenvalue weighted by Crippen LogP contribution is 2.17. The Kier molecular flexibility index (Phi) is 4.44. The molecule has 0 aliphatic carbocycles. The largest absolute Gasteiger partial charge is 0.279 e. The molecule has 0 spiro atoms. The molecule has 0 bridgehead atoms. The molecule has 20 heavy (non-hydrogen) atoms. The van der Waals surface area contributed by atoms with Crippen LogP contribution in [0, 0.1) is 10.1 Å². The molecular weight excluding hydrogens is 254 g/mol. The van der Waals surface area contributed by atoms with Crippen LogP contribution in [0.2, 0.25) is 0 Å². The summed E-state index contributed by atoms with van der Waals surface area (Å²) in [6, 6.07) is 16.2. The van der Waals surface area contributed by atoms with E-state index in [9.17, 15) is 10.1 Å². The normalized spacial score (nSPS) is 12.2. The molecule has 102 valence electrons. The van der Waals surface area contributed by atoms with Gasteiger partial charge in [-0.1, -0.05) is 43.3 Å². The summed E-state index contributed by atoms with van der Waals surface area (Å²) in [6.07, 6.45) is 1.77. The molecule has 0 saturated carbocycles. The van der Waals surface area contributed by atoms with Crippen molar-refractivity contribution in [2.45, 2.75) is 12.8 Å². The second-order valence-electron chi connectivity index (χ2n) is 4.40. The summed E-state index contributed by atoms with van der Waals surface area (Å²) < 4.78 is 0. The first-order valence-electron chi connectivity index (χ1n) is 6.25. The van der Waals surface area contributed by atoms with Crippen molar-refractivity contribution in [3.63, 3.8) is 0 Å². The monoisotopic (exact) mass is 269 g/mol. The zero-order valence-electron chi connectivity index (χ0n) is 11.1. The van der Waals surface area contributed by atoms with Crippen LogP contribution in [-0.2, 0) is 0 Å². The predicted molar refractivity (Wildman–Crippen MR) is 80.1 cm³/mol. The number of nitro benzene ring substituents is 1. The van der Waals surface area contributed by atoms with E-state index in [-0.39, 0.29) is 11.6 Å². The molecule has 0 heterocycles. The number of nitrogens with zero attached hydrogens (tertiary/aromatic N) is 2. The van der Waals surface area contributed by atoms with Gasteiger partial charge >= 0.3 is 0 Å². The average molecular weight is 269 g/mol. The van der Waals surface area contributed by atoms with Gasteiger partial charge in [0, 0.05) is 24.3 Å². The van der Waals surface area contributed by atoms with Gasteiger partial charge in [0.15, 0.2) is 0 Å². The molecule has 2 aromatic rings. The lowest BCUT2D eigenvalue weighted by Gasteiger charge is -2.05. The SMILES string of the molecule is C[C@H](/C=N\Nc1cccc([N+](=O)[O-])c1)c1ccccc1. The lowest BCUT2D eigenvalue weighted by molar-refractivity contribution is -0.384. The second kappa shape index (κ2) is 6.47. The zero-order chi connectivity index (χ0) is 14.4.